The lowest BCUT2D eigenvalue weighted by molar-refractivity contribution is 0.296. The van der Waals surface area contributed by atoms with Crippen LogP contribution in [0.3, 0.4) is 0 Å². The van der Waals surface area contributed by atoms with E-state index in [4.69, 9.17) is 0 Å². The first-order valence-corrected chi connectivity index (χ1v) is 8.72. The molecule has 20 heavy (non-hydrogen) atoms. The molecular weight excluding hydrogens is 272 g/mol. The minimum Gasteiger partial charge on any atom is -0.300 e. The van der Waals surface area contributed by atoms with Crippen molar-refractivity contribution in [3.05, 3.63) is 35.4 Å². The second kappa shape index (κ2) is 7.76. The average Bonchev–Trinajstić information content (AvgIpc) is 2.43. The van der Waals surface area contributed by atoms with Gasteiger partial charge in [0.05, 0.1) is 5.25 Å². The fourth-order valence-electron chi connectivity index (χ4n) is 1.82. The van der Waals surface area contributed by atoms with Crippen LogP contribution in [0.15, 0.2) is 24.3 Å². The van der Waals surface area contributed by atoms with Gasteiger partial charge in [0.2, 0.25) is 10.0 Å². The molecule has 0 radical (unpaired) electrons. The van der Waals surface area contributed by atoms with Gasteiger partial charge in [-0.25, -0.2) is 13.1 Å². The molecule has 1 aromatic rings. The second-order valence-corrected chi connectivity index (χ2v) is 7.51. The maximum absolute atomic E-state index is 11.7. The van der Waals surface area contributed by atoms with E-state index in [-0.39, 0.29) is 0 Å². The minimum atomic E-state index is -3.19. The molecule has 1 rings (SSSR count). The molecule has 1 aromatic carbocycles. The molecule has 0 fully saturated rings. The van der Waals surface area contributed by atoms with Crippen LogP contribution in [-0.4, -0.2) is 31.7 Å². The highest BCUT2D eigenvalue weighted by Gasteiger charge is 2.14. The summed E-state index contributed by atoms with van der Waals surface area (Å²) < 4.78 is 26.0. The Kier molecular flexibility index (Phi) is 6.65. The van der Waals surface area contributed by atoms with Crippen molar-refractivity contribution in [2.24, 2.45) is 0 Å². The average molecular weight is 298 g/mol. The van der Waals surface area contributed by atoms with Gasteiger partial charge in [0.1, 0.15) is 0 Å². The Morgan fingerprint density at radius 2 is 1.55 bits per heavy atom. The van der Waals surface area contributed by atoms with Crippen LogP contribution in [0.2, 0.25) is 0 Å². The lowest BCUT2D eigenvalue weighted by Gasteiger charge is -2.18. The SMILES string of the molecule is CCN(CC)Cc1ccc(CNS(=O)(=O)C(C)C)cc1. The predicted molar refractivity (Wildman–Crippen MR) is 84.0 cm³/mol. The monoisotopic (exact) mass is 298 g/mol. The van der Waals surface area contributed by atoms with Gasteiger partial charge in [0, 0.05) is 13.1 Å². The van der Waals surface area contributed by atoms with Gasteiger partial charge in [-0.3, -0.25) is 4.90 Å². The Labute approximate surface area is 123 Å². The van der Waals surface area contributed by atoms with Crippen molar-refractivity contribution in [2.75, 3.05) is 13.1 Å². The third-order valence-electron chi connectivity index (χ3n) is 3.42. The van der Waals surface area contributed by atoms with E-state index >= 15 is 0 Å². The largest absolute Gasteiger partial charge is 0.300 e. The Morgan fingerprint density at radius 1 is 1.05 bits per heavy atom. The molecule has 4 nitrogen and oxygen atoms in total. The first kappa shape index (κ1) is 17.1. The first-order chi connectivity index (χ1) is 9.39. The zero-order chi connectivity index (χ0) is 15.2. The van der Waals surface area contributed by atoms with E-state index in [1.165, 1.54) is 5.56 Å². The van der Waals surface area contributed by atoms with Gasteiger partial charge in [-0.05, 0) is 38.1 Å². The van der Waals surface area contributed by atoms with E-state index in [0.717, 1.165) is 25.2 Å². The highest BCUT2D eigenvalue weighted by molar-refractivity contribution is 7.90. The topological polar surface area (TPSA) is 49.4 Å². The summed E-state index contributed by atoms with van der Waals surface area (Å²) in [5.41, 5.74) is 2.24. The Hall–Kier alpha value is -0.910. The summed E-state index contributed by atoms with van der Waals surface area (Å²) in [7, 11) is -3.19. The summed E-state index contributed by atoms with van der Waals surface area (Å²) in [6.07, 6.45) is 0. The lowest BCUT2D eigenvalue weighted by Crippen LogP contribution is -2.30. The van der Waals surface area contributed by atoms with Crippen LogP contribution in [0.4, 0.5) is 0 Å². The minimum absolute atomic E-state index is 0.353. The van der Waals surface area contributed by atoms with E-state index in [1.54, 1.807) is 13.8 Å². The van der Waals surface area contributed by atoms with Gasteiger partial charge < -0.3 is 0 Å². The first-order valence-electron chi connectivity index (χ1n) is 7.17. The fraction of sp³-hybridized carbons (Fsp3) is 0.600. The summed E-state index contributed by atoms with van der Waals surface area (Å²) in [6, 6.07) is 8.11. The van der Waals surface area contributed by atoms with E-state index in [1.807, 2.05) is 12.1 Å². The summed E-state index contributed by atoms with van der Waals surface area (Å²) in [5, 5.41) is -0.399. The fourth-order valence-corrected chi connectivity index (χ4v) is 2.52. The van der Waals surface area contributed by atoms with Gasteiger partial charge in [-0.2, -0.15) is 0 Å². The van der Waals surface area contributed by atoms with E-state index in [9.17, 15) is 8.42 Å². The molecule has 0 aromatic heterocycles. The van der Waals surface area contributed by atoms with Crippen LogP contribution in [0, 0.1) is 0 Å². The molecule has 0 unspecified atom stereocenters. The van der Waals surface area contributed by atoms with Crippen molar-refractivity contribution in [1.82, 2.24) is 9.62 Å². The number of nitrogens with zero attached hydrogens (tertiary/aromatic N) is 1. The highest BCUT2D eigenvalue weighted by Crippen LogP contribution is 2.08. The molecule has 0 aliphatic heterocycles. The van der Waals surface area contributed by atoms with Crippen LogP contribution < -0.4 is 4.72 Å². The van der Waals surface area contributed by atoms with E-state index < -0.39 is 15.3 Å². The summed E-state index contributed by atoms with van der Waals surface area (Å²) in [6.45, 7) is 11.0. The Morgan fingerprint density at radius 3 is 2.00 bits per heavy atom. The van der Waals surface area contributed by atoms with Gasteiger partial charge in [-0.1, -0.05) is 38.1 Å². The number of rotatable bonds is 8. The molecule has 5 heteroatoms. The molecule has 0 saturated heterocycles. The van der Waals surface area contributed by atoms with E-state index in [2.05, 4.69) is 35.6 Å². The van der Waals surface area contributed by atoms with Crippen LogP contribution in [0.25, 0.3) is 0 Å². The van der Waals surface area contributed by atoms with Gasteiger partial charge in [-0.15, -0.1) is 0 Å². The third kappa shape index (κ3) is 5.23. The Bertz CT molecular complexity index is 491. The van der Waals surface area contributed by atoms with Crippen LogP contribution >= 0.6 is 0 Å². The number of sulfonamides is 1. The maximum Gasteiger partial charge on any atom is 0.214 e. The predicted octanol–water partition coefficient (Wildman–Crippen LogP) is 2.36. The molecule has 0 saturated carbocycles. The number of nitrogens with one attached hydrogen (secondary N) is 1. The smallest absolute Gasteiger partial charge is 0.214 e. The van der Waals surface area contributed by atoms with Crippen LogP contribution in [-0.2, 0) is 23.1 Å². The number of hydrogen-bond acceptors (Lipinski definition) is 3. The Balaban J connectivity index is 2.59. The number of benzene rings is 1. The zero-order valence-corrected chi connectivity index (χ0v) is 13.7. The van der Waals surface area contributed by atoms with Gasteiger partial charge in [0.15, 0.2) is 0 Å². The molecule has 0 amide bonds. The van der Waals surface area contributed by atoms with Crippen LogP contribution in [0.5, 0.6) is 0 Å². The van der Waals surface area contributed by atoms with Crippen molar-refractivity contribution in [3.8, 4) is 0 Å². The maximum atomic E-state index is 11.7. The van der Waals surface area contributed by atoms with Crippen molar-refractivity contribution in [1.29, 1.82) is 0 Å². The second-order valence-electron chi connectivity index (χ2n) is 5.19. The van der Waals surface area contributed by atoms with Gasteiger partial charge >= 0.3 is 0 Å². The molecule has 0 atom stereocenters. The molecule has 0 bridgehead atoms. The summed E-state index contributed by atoms with van der Waals surface area (Å²) >= 11 is 0. The molecular formula is C15H26N2O2S. The summed E-state index contributed by atoms with van der Waals surface area (Å²) in [5.74, 6) is 0. The summed E-state index contributed by atoms with van der Waals surface area (Å²) in [4.78, 5) is 2.34. The van der Waals surface area contributed by atoms with Crippen LogP contribution in [0.1, 0.15) is 38.8 Å². The molecule has 1 N–H and O–H groups in total. The quantitative estimate of drug-likeness (QED) is 0.801. The van der Waals surface area contributed by atoms with Gasteiger partial charge in [0.25, 0.3) is 0 Å². The zero-order valence-electron chi connectivity index (χ0n) is 12.9. The standard InChI is InChI=1S/C15H26N2O2S/c1-5-17(6-2)12-15-9-7-14(8-10-15)11-16-20(18,19)13(3)4/h7-10,13,16H,5-6,11-12H2,1-4H3. The van der Waals surface area contributed by atoms with Crippen molar-refractivity contribution >= 4 is 10.0 Å². The third-order valence-corrected chi connectivity index (χ3v) is 5.21. The molecule has 0 spiro atoms. The van der Waals surface area contributed by atoms with E-state index in [0.29, 0.717) is 6.54 Å². The molecule has 0 heterocycles. The number of hydrogen-bond donors (Lipinski definition) is 1. The van der Waals surface area contributed by atoms with Crippen molar-refractivity contribution in [3.63, 3.8) is 0 Å². The van der Waals surface area contributed by atoms with Crippen molar-refractivity contribution in [2.45, 2.75) is 46.0 Å². The highest BCUT2D eigenvalue weighted by atomic mass is 32.2. The molecule has 0 aliphatic rings. The molecule has 0 aliphatic carbocycles. The normalized spacial score (nSPS) is 12.3. The molecule has 114 valence electrons. The van der Waals surface area contributed by atoms with Crippen molar-refractivity contribution < 1.29 is 8.42 Å². The lowest BCUT2D eigenvalue weighted by atomic mass is 10.1.